The molecule has 0 aromatic heterocycles. The highest BCUT2D eigenvalue weighted by atomic mass is 32.2. The van der Waals surface area contributed by atoms with Crippen molar-refractivity contribution in [3.63, 3.8) is 0 Å². The zero-order valence-corrected chi connectivity index (χ0v) is 27.1. The Kier molecular flexibility index (Phi) is 11.2. The Bertz CT molecular complexity index is 1540. The number of aryl methyl sites for hydroxylation is 3. The fourth-order valence-corrected chi connectivity index (χ4v) is 6.20. The van der Waals surface area contributed by atoms with E-state index in [2.05, 4.69) is 5.32 Å². The van der Waals surface area contributed by atoms with Crippen LogP contribution in [0.1, 0.15) is 49.4 Å². The first-order valence-electron chi connectivity index (χ1n) is 14.3. The molecule has 10 heteroatoms. The van der Waals surface area contributed by atoms with Crippen molar-refractivity contribution in [2.45, 2.75) is 71.5 Å². The van der Waals surface area contributed by atoms with E-state index >= 15 is 0 Å². The SMILES string of the molecule is CC[C@H](C)NC(=O)[C@H](C)N(Cc1cccc(C)c1)C(=O)CN(c1cc(C)cc(C)c1)S(=O)(=O)c1ccc(OC)c(OC)c1. The maximum absolute atomic E-state index is 14.3. The molecule has 43 heavy (non-hydrogen) atoms. The van der Waals surface area contributed by atoms with Gasteiger partial charge in [-0.2, -0.15) is 0 Å². The topological polar surface area (TPSA) is 105 Å². The summed E-state index contributed by atoms with van der Waals surface area (Å²) in [6.07, 6.45) is 0.730. The van der Waals surface area contributed by atoms with Crippen molar-refractivity contribution in [1.29, 1.82) is 0 Å². The molecule has 0 unspecified atom stereocenters. The zero-order chi connectivity index (χ0) is 31.9. The van der Waals surface area contributed by atoms with Gasteiger partial charge in [-0.25, -0.2) is 8.42 Å². The number of sulfonamides is 1. The van der Waals surface area contributed by atoms with Gasteiger partial charge in [0.1, 0.15) is 12.6 Å². The van der Waals surface area contributed by atoms with Crippen LogP contribution in [0.4, 0.5) is 5.69 Å². The van der Waals surface area contributed by atoms with Crippen LogP contribution in [-0.2, 0) is 26.2 Å². The van der Waals surface area contributed by atoms with E-state index in [1.54, 1.807) is 19.1 Å². The molecule has 1 N–H and O–H groups in total. The first-order valence-corrected chi connectivity index (χ1v) is 15.7. The highest BCUT2D eigenvalue weighted by Gasteiger charge is 2.33. The molecule has 9 nitrogen and oxygen atoms in total. The van der Waals surface area contributed by atoms with Crippen molar-refractivity contribution < 1.29 is 27.5 Å². The second kappa shape index (κ2) is 14.4. The molecule has 0 fully saturated rings. The number of methoxy groups -OCH3 is 2. The molecule has 0 bridgehead atoms. The van der Waals surface area contributed by atoms with E-state index < -0.39 is 28.5 Å². The summed E-state index contributed by atoms with van der Waals surface area (Å²) in [5.41, 5.74) is 3.86. The lowest BCUT2D eigenvalue weighted by molar-refractivity contribution is -0.139. The van der Waals surface area contributed by atoms with Crippen molar-refractivity contribution in [3.05, 3.63) is 82.9 Å². The minimum Gasteiger partial charge on any atom is -0.493 e. The normalized spacial score (nSPS) is 12.7. The summed E-state index contributed by atoms with van der Waals surface area (Å²) in [7, 11) is -1.38. The van der Waals surface area contributed by atoms with Gasteiger partial charge in [-0.05, 0) is 82.0 Å². The molecule has 0 aliphatic carbocycles. The van der Waals surface area contributed by atoms with E-state index in [9.17, 15) is 18.0 Å². The lowest BCUT2D eigenvalue weighted by Gasteiger charge is -2.32. The van der Waals surface area contributed by atoms with E-state index in [0.717, 1.165) is 33.0 Å². The zero-order valence-electron chi connectivity index (χ0n) is 26.3. The number of benzene rings is 3. The van der Waals surface area contributed by atoms with Gasteiger partial charge in [0.25, 0.3) is 10.0 Å². The van der Waals surface area contributed by atoms with Gasteiger partial charge in [-0.15, -0.1) is 0 Å². The number of hydrogen-bond donors (Lipinski definition) is 1. The van der Waals surface area contributed by atoms with Gasteiger partial charge in [-0.1, -0.05) is 42.8 Å². The molecular formula is C33H43N3O6S. The van der Waals surface area contributed by atoms with Gasteiger partial charge in [-0.3, -0.25) is 13.9 Å². The molecule has 3 aromatic rings. The summed E-state index contributed by atoms with van der Waals surface area (Å²) >= 11 is 0. The second-order valence-corrected chi connectivity index (χ2v) is 12.7. The van der Waals surface area contributed by atoms with E-state index in [-0.39, 0.29) is 29.1 Å². The summed E-state index contributed by atoms with van der Waals surface area (Å²) in [5.74, 6) is -0.208. The fraction of sp³-hybridized carbons (Fsp3) is 0.394. The molecule has 3 rings (SSSR count). The number of amides is 2. The van der Waals surface area contributed by atoms with Crippen molar-refractivity contribution >= 4 is 27.5 Å². The molecule has 0 radical (unpaired) electrons. The number of nitrogens with one attached hydrogen (secondary N) is 1. The van der Waals surface area contributed by atoms with Gasteiger partial charge in [0.05, 0.1) is 24.8 Å². The third-order valence-electron chi connectivity index (χ3n) is 7.32. The molecule has 232 valence electrons. The van der Waals surface area contributed by atoms with Crippen molar-refractivity contribution in [1.82, 2.24) is 10.2 Å². The Labute approximate surface area is 255 Å². The highest BCUT2D eigenvalue weighted by Crippen LogP contribution is 2.33. The molecule has 2 amide bonds. The molecule has 0 saturated carbocycles. The fourth-order valence-electron chi connectivity index (χ4n) is 4.78. The number of carbonyl (C=O) groups excluding carboxylic acids is 2. The van der Waals surface area contributed by atoms with Crippen LogP contribution in [-0.4, -0.2) is 58.0 Å². The van der Waals surface area contributed by atoms with Crippen LogP contribution in [0.5, 0.6) is 11.5 Å². The molecule has 0 heterocycles. The summed E-state index contributed by atoms with van der Waals surface area (Å²) in [6.45, 7) is 10.8. The lowest BCUT2D eigenvalue weighted by atomic mass is 10.1. The molecule has 0 aliphatic rings. The largest absolute Gasteiger partial charge is 0.493 e. The van der Waals surface area contributed by atoms with Crippen LogP contribution in [0, 0.1) is 20.8 Å². The number of rotatable bonds is 13. The Morgan fingerprint density at radius 1 is 0.860 bits per heavy atom. The Morgan fingerprint density at radius 2 is 1.51 bits per heavy atom. The van der Waals surface area contributed by atoms with E-state index in [1.165, 1.54) is 37.3 Å². The van der Waals surface area contributed by atoms with Gasteiger partial charge >= 0.3 is 0 Å². The molecule has 3 aromatic carbocycles. The standard InChI is InChI=1S/C33H43N3O6S/c1-9-25(5)34-33(38)26(6)35(20-27-12-10-11-22(2)16-27)32(37)21-36(28-17-23(3)15-24(4)18-28)43(39,40)29-13-14-30(41-7)31(19-29)42-8/h10-19,25-26H,9,20-21H2,1-8H3,(H,34,38)/t25-,26-/m0/s1. The molecule has 2 atom stereocenters. The Morgan fingerprint density at radius 3 is 2.09 bits per heavy atom. The van der Waals surface area contributed by atoms with E-state index in [4.69, 9.17) is 9.47 Å². The van der Waals surface area contributed by atoms with Crippen molar-refractivity contribution in [2.24, 2.45) is 0 Å². The maximum Gasteiger partial charge on any atom is 0.264 e. The van der Waals surface area contributed by atoms with Crippen LogP contribution in [0.15, 0.2) is 65.6 Å². The van der Waals surface area contributed by atoms with Gasteiger partial charge in [0.2, 0.25) is 11.8 Å². The van der Waals surface area contributed by atoms with Crippen LogP contribution in [0.3, 0.4) is 0 Å². The number of carbonyl (C=O) groups is 2. The first-order chi connectivity index (χ1) is 20.3. The Hall–Kier alpha value is -4.05. The number of nitrogens with zero attached hydrogens (tertiary/aromatic N) is 2. The summed E-state index contributed by atoms with van der Waals surface area (Å²) in [4.78, 5) is 28.8. The van der Waals surface area contributed by atoms with E-state index in [0.29, 0.717) is 11.4 Å². The van der Waals surface area contributed by atoms with Crippen LogP contribution in [0.25, 0.3) is 0 Å². The number of hydrogen-bond acceptors (Lipinski definition) is 6. The quantitative estimate of drug-likeness (QED) is 0.287. The monoisotopic (exact) mass is 609 g/mol. The Balaban J connectivity index is 2.11. The highest BCUT2D eigenvalue weighted by molar-refractivity contribution is 7.92. The first kappa shape index (κ1) is 33.5. The van der Waals surface area contributed by atoms with Gasteiger partial charge in [0, 0.05) is 18.7 Å². The molecular weight excluding hydrogens is 566 g/mol. The molecule has 0 aliphatic heterocycles. The summed E-state index contributed by atoms with van der Waals surface area (Å²) in [6, 6.07) is 16.4. The molecule has 0 spiro atoms. The molecule has 0 saturated heterocycles. The maximum atomic E-state index is 14.3. The average Bonchev–Trinajstić information content (AvgIpc) is 2.96. The van der Waals surface area contributed by atoms with E-state index in [1.807, 2.05) is 65.0 Å². The van der Waals surface area contributed by atoms with Gasteiger partial charge in [0.15, 0.2) is 11.5 Å². The van der Waals surface area contributed by atoms with Crippen molar-refractivity contribution in [2.75, 3.05) is 25.1 Å². The average molecular weight is 610 g/mol. The minimum atomic E-state index is -4.27. The minimum absolute atomic E-state index is 0.0649. The predicted octanol–water partition coefficient (Wildman–Crippen LogP) is 5.16. The predicted molar refractivity (Wildman–Crippen MR) is 169 cm³/mol. The second-order valence-electron chi connectivity index (χ2n) is 10.9. The number of anilines is 1. The summed E-state index contributed by atoms with van der Waals surface area (Å²) < 4.78 is 40.3. The third kappa shape index (κ3) is 8.28. The smallest absolute Gasteiger partial charge is 0.264 e. The number of ether oxygens (including phenoxy) is 2. The van der Waals surface area contributed by atoms with Crippen LogP contribution < -0.4 is 19.1 Å². The third-order valence-corrected chi connectivity index (χ3v) is 9.09. The van der Waals surface area contributed by atoms with Crippen LogP contribution in [0.2, 0.25) is 0 Å². The lowest BCUT2D eigenvalue weighted by Crippen LogP contribution is -2.52. The summed E-state index contributed by atoms with van der Waals surface area (Å²) in [5, 5.41) is 2.95. The van der Waals surface area contributed by atoms with Gasteiger partial charge < -0.3 is 19.7 Å². The van der Waals surface area contributed by atoms with Crippen LogP contribution >= 0.6 is 0 Å². The van der Waals surface area contributed by atoms with Crippen molar-refractivity contribution in [3.8, 4) is 11.5 Å².